The summed E-state index contributed by atoms with van der Waals surface area (Å²) in [6.45, 7) is 8.73. The monoisotopic (exact) mass is 508 g/mol. The molecule has 14 heteroatoms. The van der Waals surface area contributed by atoms with Crippen LogP contribution in [0.5, 0.6) is 0 Å². The van der Waals surface area contributed by atoms with Crippen LogP contribution in [0.3, 0.4) is 0 Å². The molecule has 7 nitrogen and oxygen atoms in total. The molecule has 2 N–H and O–H groups in total. The Morgan fingerprint density at radius 3 is 2.06 bits per heavy atom. The van der Waals surface area contributed by atoms with E-state index in [1.807, 2.05) is 11.3 Å². The summed E-state index contributed by atoms with van der Waals surface area (Å²) in [6.07, 6.45) is -10.2. The molecule has 2 aliphatic rings. The van der Waals surface area contributed by atoms with E-state index in [1.54, 1.807) is 0 Å². The molecule has 2 fully saturated rings. The quantitative estimate of drug-likeness (QED) is 0.603. The number of halogens is 6. The normalized spacial score (nSPS) is 22.8. The maximum atomic E-state index is 10.6. The molecule has 190 valence electrons. The fourth-order valence-electron chi connectivity index (χ4n) is 3.71. The molecular weight excluding hydrogens is 482 g/mol. The number of rotatable bonds is 4. The summed E-state index contributed by atoms with van der Waals surface area (Å²) >= 11 is 1.93. The Bertz CT molecular complexity index is 774. The molecule has 0 aliphatic carbocycles. The standard InChI is InChI=1S/C15H24N2OS.2C2HF3O2/c1-12-4-5-14(19-12)7-17-6-13-8-18-11-15(13,10-17)9-16(2)3;2*3-2(4,5)1(6)7/h4-5,13H,6-11H2,1-3H3;2*(H,6,7)/t13-,15+;;/m1../s1. The van der Waals surface area contributed by atoms with Gasteiger partial charge in [-0.05, 0) is 33.2 Å². The number of hydrogen-bond donors (Lipinski definition) is 2. The Morgan fingerprint density at radius 1 is 1.15 bits per heavy atom. The Balaban J connectivity index is 0.000000324. The number of likely N-dealkylation sites (tertiary alicyclic amines) is 1. The number of hydrogen-bond acceptors (Lipinski definition) is 6. The van der Waals surface area contributed by atoms with Crippen LogP contribution < -0.4 is 0 Å². The molecule has 0 saturated carbocycles. The van der Waals surface area contributed by atoms with Crippen LogP contribution in [0, 0.1) is 18.3 Å². The van der Waals surface area contributed by atoms with E-state index in [0.29, 0.717) is 5.41 Å². The maximum absolute atomic E-state index is 10.6. The third-order valence-corrected chi connectivity index (χ3v) is 5.87. The van der Waals surface area contributed by atoms with Crippen molar-refractivity contribution < 1.29 is 50.9 Å². The number of alkyl halides is 6. The first-order valence-corrected chi connectivity index (χ1v) is 10.4. The van der Waals surface area contributed by atoms with E-state index >= 15 is 0 Å². The number of carboxylic acids is 2. The zero-order chi connectivity index (χ0) is 25.6. The Morgan fingerprint density at radius 2 is 1.67 bits per heavy atom. The topological polar surface area (TPSA) is 90.3 Å². The van der Waals surface area contributed by atoms with Crippen molar-refractivity contribution in [3.8, 4) is 0 Å². The molecule has 2 aliphatic heterocycles. The predicted octanol–water partition coefficient (Wildman–Crippen LogP) is 3.33. The van der Waals surface area contributed by atoms with Crippen molar-refractivity contribution >= 4 is 23.3 Å². The SMILES string of the molecule is Cc1ccc(CN2C[C@@H]3COC[C@]3(CN(C)C)C2)s1.O=C(O)C(F)(F)F.O=C(O)C(F)(F)F. The Hall–Kier alpha value is -1.90. The highest BCUT2D eigenvalue weighted by Crippen LogP contribution is 2.42. The van der Waals surface area contributed by atoms with Crippen LogP contribution in [-0.2, 0) is 20.9 Å². The second kappa shape index (κ2) is 11.5. The molecule has 33 heavy (non-hydrogen) atoms. The van der Waals surface area contributed by atoms with Gasteiger partial charge < -0.3 is 19.8 Å². The smallest absolute Gasteiger partial charge is 0.475 e. The summed E-state index contributed by atoms with van der Waals surface area (Å²) in [4.78, 5) is 25.7. The lowest BCUT2D eigenvalue weighted by Crippen LogP contribution is -2.40. The highest BCUT2D eigenvalue weighted by molar-refractivity contribution is 7.11. The molecule has 2 saturated heterocycles. The number of nitrogens with zero attached hydrogens (tertiary/aromatic N) is 2. The van der Waals surface area contributed by atoms with Crippen LogP contribution in [0.1, 0.15) is 9.75 Å². The molecule has 0 spiro atoms. The molecule has 0 unspecified atom stereocenters. The summed E-state index contributed by atoms with van der Waals surface area (Å²) in [6, 6.07) is 4.51. The van der Waals surface area contributed by atoms with Gasteiger partial charge >= 0.3 is 24.3 Å². The average Bonchev–Trinajstić information content (AvgIpc) is 3.28. The van der Waals surface area contributed by atoms with Crippen molar-refractivity contribution in [1.82, 2.24) is 9.80 Å². The Labute approximate surface area is 190 Å². The van der Waals surface area contributed by atoms with Crippen molar-refractivity contribution in [3.05, 3.63) is 21.9 Å². The van der Waals surface area contributed by atoms with E-state index in [2.05, 4.69) is 43.0 Å². The minimum Gasteiger partial charge on any atom is -0.475 e. The molecule has 0 amide bonds. The summed E-state index contributed by atoms with van der Waals surface area (Å²) in [5.74, 6) is -4.80. The second-order valence-electron chi connectivity index (χ2n) is 8.10. The molecule has 1 aromatic rings. The van der Waals surface area contributed by atoms with E-state index in [1.165, 1.54) is 22.8 Å². The molecular formula is C19H26F6N2O5S. The minimum atomic E-state index is -5.08. The zero-order valence-electron chi connectivity index (χ0n) is 18.2. The van der Waals surface area contributed by atoms with Crippen molar-refractivity contribution in [3.63, 3.8) is 0 Å². The van der Waals surface area contributed by atoms with Crippen molar-refractivity contribution in [2.75, 3.05) is 46.9 Å². The van der Waals surface area contributed by atoms with E-state index < -0.39 is 24.3 Å². The molecule has 2 atom stereocenters. The molecule has 0 bridgehead atoms. The lowest BCUT2D eigenvalue weighted by molar-refractivity contribution is -0.193. The van der Waals surface area contributed by atoms with Gasteiger partial charge in [0, 0.05) is 47.3 Å². The number of aliphatic carboxylic acids is 2. The molecule has 0 aromatic carbocycles. The summed E-state index contributed by atoms with van der Waals surface area (Å²) in [5, 5.41) is 14.2. The highest BCUT2D eigenvalue weighted by Gasteiger charge is 2.50. The zero-order valence-corrected chi connectivity index (χ0v) is 19.0. The van der Waals surface area contributed by atoms with Crippen molar-refractivity contribution in [2.45, 2.75) is 25.8 Å². The van der Waals surface area contributed by atoms with Gasteiger partial charge in [0.2, 0.25) is 0 Å². The summed E-state index contributed by atoms with van der Waals surface area (Å²) < 4.78 is 69.2. The number of thiophene rings is 1. The largest absolute Gasteiger partial charge is 0.490 e. The fourth-order valence-corrected chi connectivity index (χ4v) is 4.64. The van der Waals surface area contributed by atoms with Crippen LogP contribution in [0.2, 0.25) is 0 Å². The van der Waals surface area contributed by atoms with Crippen LogP contribution in [-0.4, -0.2) is 91.2 Å². The van der Waals surface area contributed by atoms with Crippen LogP contribution in [0.15, 0.2) is 12.1 Å². The molecule has 3 heterocycles. The van der Waals surface area contributed by atoms with E-state index in [-0.39, 0.29) is 0 Å². The molecule has 1 aromatic heterocycles. The van der Waals surface area contributed by atoms with Crippen LogP contribution in [0.4, 0.5) is 26.3 Å². The number of carboxylic acid groups (broad SMARTS) is 2. The van der Waals surface area contributed by atoms with E-state index in [9.17, 15) is 26.3 Å². The van der Waals surface area contributed by atoms with Gasteiger partial charge in [-0.15, -0.1) is 11.3 Å². The van der Waals surface area contributed by atoms with Gasteiger partial charge in [0.15, 0.2) is 0 Å². The fraction of sp³-hybridized carbons (Fsp3) is 0.684. The van der Waals surface area contributed by atoms with Crippen LogP contribution in [0.25, 0.3) is 0 Å². The third kappa shape index (κ3) is 9.47. The van der Waals surface area contributed by atoms with Gasteiger partial charge in [-0.2, -0.15) is 26.3 Å². The average molecular weight is 508 g/mol. The first-order valence-electron chi connectivity index (χ1n) is 9.56. The number of aryl methyl sites for hydroxylation is 1. The number of carbonyl (C=O) groups is 2. The minimum absolute atomic E-state index is 0.371. The van der Waals surface area contributed by atoms with Gasteiger partial charge in [-0.1, -0.05) is 0 Å². The third-order valence-electron chi connectivity index (χ3n) is 4.88. The maximum Gasteiger partial charge on any atom is 0.490 e. The second-order valence-corrected chi connectivity index (χ2v) is 9.47. The Kier molecular flexibility index (Phi) is 10.1. The first-order chi connectivity index (χ1) is 15.0. The summed E-state index contributed by atoms with van der Waals surface area (Å²) in [5.41, 5.74) is 0.371. The summed E-state index contributed by atoms with van der Waals surface area (Å²) in [7, 11) is 4.35. The highest BCUT2D eigenvalue weighted by atomic mass is 32.1. The van der Waals surface area contributed by atoms with Crippen molar-refractivity contribution in [1.29, 1.82) is 0 Å². The van der Waals surface area contributed by atoms with Crippen molar-refractivity contribution in [2.24, 2.45) is 11.3 Å². The van der Waals surface area contributed by atoms with Gasteiger partial charge in [0.25, 0.3) is 0 Å². The molecule has 3 rings (SSSR count). The van der Waals surface area contributed by atoms with Gasteiger partial charge in [0.1, 0.15) is 0 Å². The van der Waals surface area contributed by atoms with Gasteiger partial charge in [-0.25, -0.2) is 9.59 Å². The van der Waals surface area contributed by atoms with E-state index in [4.69, 9.17) is 24.5 Å². The first kappa shape index (κ1) is 29.1. The number of fused-ring (bicyclic) bond motifs is 1. The lowest BCUT2D eigenvalue weighted by atomic mass is 9.81. The lowest BCUT2D eigenvalue weighted by Gasteiger charge is -2.30. The van der Waals surface area contributed by atoms with Crippen LogP contribution >= 0.6 is 11.3 Å². The molecule has 0 radical (unpaired) electrons. The predicted molar refractivity (Wildman–Crippen MR) is 107 cm³/mol. The van der Waals surface area contributed by atoms with Gasteiger partial charge in [-0.3, -0.25) is 4.90 Å². The van der Waals surface area contributed by atoms with E-state index in [0.717, 1.165) is 32.2 Å². The number of ether oxygens (including phenoxy) is 1. The van der Waals surface area contributed by atoms with Gasteiger partial charge in [0.05, 0.1) is 13.2 Å².